The molecule has 8 rings (SSSR count). The maximum atomic E-state index is 12.1. The molecule has 0 aliphatic rings. The fourth-order valence-corrected chi connectivity index (χ4v) is 6.06. The van der Waals surface area contributed by atoms with Gasteiger partial charge in [-0.25, -0.2) is 4.39 Å². The molecule has 0 amide bonds. The van der Waals surface area contributed by atoms with Crippen molar-refractivity contribution in [1.29, 1.82) is 0 Å². The highest BCUT2D eigenvalue weighted by Gasteiger charge is 2.18. The largest absolute Gasteiger partial charge is 0.310 e. The first-order valence-corrected chi connectivity index (χ1v) is 16.4. The van der Waals surface area contributed by atoms with Crippen LogP contribution < -0.4 is 4.90 Å². The Kier molecular flexibility index (Phi) is 9.93. The Morgan fingerprint density at radius 3 is 1.31 bits per heavy atom. The topological polar surface area (TPSA) is 3.24 Å². The summed E-state index contributed by atoms with van der Waals surface area (Å²) in [6, 6.07) is 58.4. The van der Waals surface area contributed by atoms with Gasteiger partial charge in [0.25, 0.3) is 0 Å². The molecule has 8 aromatic rings. The van der Waals surface area contributed by atoms with Crippen LogP contribution in [0.4, 0.5) is 21.5 Å². The second-order valence-electron chi connectivity index (χ2n) is 12.2. The predicted octanol–water partition coefficient (Wildman–Crippen LogP) is 13.4. The van der Waals surface area contributed by atoms with E-state index in [2.05, 4.69) is 153 Å². The molecule has 0 saturated heterocycles. The first-order valence-electron chi connectivity index (χ1n) is 16.4. The van der Waals surface area contributed by atoms with Crippen LogP contribution in [0.3, 0.4) is 0 Å². The number of aryl methyl sites for hydroxylation is 4. The molecule has 48 heavy (non-hydrogen) atoms. The van der Waals surface area contributed by atoms with Crippen molar-refractivity contribution in [2.75, 3.05) is 4.90 Å². The van der Waals surface area contributed by atoms with Crippen LogP contribution in [0.15, 0.2) is 170 Å². The van der Waals surface area contributed by atoms with E-state index in [4.69, 9.17) is 0 Å². The number of rotatable bonds is 3. The number of anilines is 3. The van der Waals surface area contributed by atoms with E-state index in [0.29, 0.717) is 0 Å². The molecule has 0 spiro atoms. The SMILES string of the molecule is Cc1ccc(F)cc1.Cc1ccc(N(c2ccccc2)c2cc3c4ccccc4c(C)cc3c3ccccc23)cc1.Cc1ccccc1. The molecule has 8 aromatic carbocycles. The summed E-state index contributed by atoms with van der Waals surface area (Å²) < 4.78 is 12.1. The van der Waals surface area contributed by atoms with E-state index in [9.17, 15) is 4.39 Å². The standard InChI is InChI=1S/C32H25N.C7H7F.C7H8/c1-22-16-18-25(19-17-22)33(24-10-4-3-5-11-24)32-21-31-27-13-7-6-12-26(27)23(2)20-30(31)28-14-8-9-15-29(28)32;1-6-2-4-7(8)5-3-6;1-7-5-3-2-4-6-7/h3-21H,1-2H3;2-5H,1H3;2-6H,1H3. The Labute approximate surface area is 283 Å². The molecule has 0 N–H and O–H groups in total. The van der Waals surface area contributed by atoms with Crippen molar-refractivity contribution in [3.63, 3.8) is 0 Å². The van der Waals surface area contributed by atoms with Gasteiger partial charge < -0.3 is 4.90 Å². The maximum Gasteiger partial charge on any atom is 0.123 e. The molecular formula is C46H40FN. The highest BCUT2D eigenvalue weighted by Crippen LogP contribution is 2.43. The quantitative estimate of drug-likeness (QED) is 0.177. The molecule has 0 radical (unpaired) electrons. The van der Waals surface area contributed by atoms with Gasteiger partial charge in [0.1, 0.15) is 5.82 Å². The Morgan fingerprint density at radius 2 is 0.771 bits per heavy atom. The van der Waals surface area contributed by atoms with Crippen molar-refractivity contribution in [2.45, 2.75) is 27.7 Å². The summed E-state index contributed by atoms with van der Waals surface area (Å²) in [5.74, 6) is -0.171. The third-order valence-corrected chi connectivity index (χ3v) is 8.57. The van der Waals surface area contributed by atoms with E-state index in [0.717, 1.165) is 16.9 Å². The molecular weight excluding hydrogens is 586 g/mol. The molecule has 0 aliphatic heterocycles. The van der Waals surface area contributed by atoms with Crippen LogP contribution in [0.1, 0.15) is 22.3 Å². The van der Waals surface area contributed by atoms with Crippen LogP contribution in [0, 0.1) is 33.5 Å². The summed E-state index contributed by atoms with van der Waals surface area (Å²) in [4.78, 5) is 2.38. The third kappa shape index (κ3) is 7.29. The molecule has 0 aromatic heterocycles. The lowest BCUT2D eigenvalue weighted by atomic mass is 9.93. The van der Waals surface area contributed by atoms with Crippen LogP contribution in [-0.2, 0) is 0 Å². The maximum absolute atomic E-state index is 12.1. The lowest BCUT2D eigenvalue weighted by molar-refractivity contribution is 0.627. The summed E-state index contributed by atoms with van der Waals surface area (Å²) in [7, 11) is 0. The summed E-state index contributed by atoms with van der Waals surface area (Å²) in [6.45, 7) is 8.36. The number of benzene rings is 8. The number of halogens is 1. The molecule has 2 heteroatoms. The van der Waals surface area contributed by atoms with Crippen molar-refractivity contribution in [3.8, 4) is 0 Å². The van der Waals surface area contributed by atoms with Gasteiger partial charge in [-0.05, 0) is 103 Å². The molecule has 0 unspecified atom stereocenters. The minimum absolute atomic E-state index is 0.171. The molecule has 0 atom stereocenters. The van der Waals surface area contributed by atoms with Gasteiger partial charge in [-0.2, -0.15) is 0 Å². The average molecular weight is 626 g/mol. The fraction of sp³-hybridized carbons (Fsp3) is 0.0870. The van der Waals surface area contributed by atoms with Gasteiger partial charge in [-0.15, -0.1) is 0 Å². The van der Waals surface area contributed by atoms with Crippen molar-refractivity contribution in [3.05, 3.63) is 198 Å². The van der Waals surface area contributed by atoms with Crippen molar-refractivity contribution < 1.29 is 4.39 Å². The molecule has 0 bridgehead atoms. The van der Waals surface area contributed by atoms with E-state index in [1.54, 1.807) is 12.1 Å². The number of fused-ring (bicyclic) bond motifs is 5. The fourth-order valence-electron chi connectivity index (χ4n) is 6.06. The second kappa shape index (κ2) is 14.8. The van der Waals surface area contributed by atoms with Gasteiger partial charge in [0, 0.05) is 16.8 Å². The van der Waals surface area contributed by atoms with Gasteiger partial charge in [0.05, 0.1) is 5.69 Å². The molecule has 1 nitrogen and oxygen atoms in total. The summed E-state index contributed by atoms with van der Waals surface area (Å²) >= 11 is 0. The minimum atomic E-state index is -0.171. The molecule has 0 fully saturated rings. The Morgan fingerprint density at radius 1 is 0.354 bits per heavy atom. The summed E-state index contributed by atoms with van der Waals surface area (Å²) in [5.41, 5.74) is 8.50. The lowest BCUT2D eigenvalue weighted by Gasteiger charge is -2.28. The van der Waals surface area contributed by atoms with Gasteiger partial charge in [-0.1, -0.05) is 144 Å². The van der Waals surface area contributed by atoms with Gasteiger partial charge in [0.15, 0.2) is 0 Å². The first kappa shape index (κ1) is 32.2. The van der Waals surface area contributed by atoms with Crippen molar-refractivity contribution in [1.82, 2.24) is 0 Å². The number of hydrogen-bond acceptors (Lipinski definition) is 1. The average Bonchev–Trinajstić information content (AvgIpc) is 3.12. The van der Waals surface area contributed by atoms with Crippen LogP contribution in [0.5, 0.6) is 0 Å². The van der Waals surface area contributed by atoms with Crippen LogP contribution in [0.2, 0.25) is 0 Å². The van der Waals surface area contributed by atoms with E-state index >= 15 is 0 Å². The lowest BCUT2D eigenvalue weighted by Crippen LogP contribution is -2.10. The van der Waals surface area contributed by atoms with Crippen LogP contribution in [-0.4, -0.2) is 0 Å². The molecule has 0 heterocycles. The molecule has 0 aliphatic carbocycles. The van der Waals surface area contributed by atoms with Crippen molar-refractivity contribution in [2.24, 2.45) is 0 Å². The zero-order chi connectivity index (χ0) is 33.5. The van der Waals surface area contributed by atoms with E-state index in [1.165, 1.54) is 66.8 Å². The monoisotopic (exact) mass is 625 g/mol. The predicted molar refractivity (Wildman–Crippen MR) is 205 cm³/mol. The number of nitrogens with zero attached hydrogens (tertiary/aromatic N) is 1. The Balaban J connectivity index is 0.000000220. The number of para-hydroxylation sites is 1. The highest BCUT2D eigenvalue weighted by molar-refractivity contribution is 6.22. The van der Waals surface area contributed by atoms with Crippen LogP contribution in [0.25, 0.3) is 32.3 Å². The molecule has 236 valence electrons. The smallest absolute Gasteiger partial charge is 0.123 e. The number of hydrogen-bond donors (Lipinski definition) is 0. The van der Waals surface area contributed by atoms with Crippen molar-refractivity contribution >= 4 is 49.4 Å². The van der Waals surface area contributed by atoms with E-state index in [-0.39, 0.29) is 5.82 Å². The highest BCUT2D eigenvalue weighted by atomic mass is 19.1. The zero-order valence-corrected chi connectivity index (χ0v) is 28.0. The molecule has 0 saturated carbocycles. The second-order valence-corrected chi connectivity index (χ2v) is 12.2. The first-order chi connectivity index (χ1) is 23.4. The normalized spacial score (nSPS) is 10.6. The Hall–Kier alpha value is -5.73. The minimum Gasteiger partial charge on any atom is -0.310 e. The van der Waals surface area contributed by atoms with E-state index < -0.39 is 0 Å². The Bertz CT molecular complexity index is 2240. The third-order valence-electron chi connectivity index (χ3n) is 8.57. The van der Waals surface area contributed by atoms with Gasteiger partial charge in [-0.3, -0.25) is 0 Å². The van der Waals surface area contributed by atoms with Gasteiger partial charge in [0.2, 0.25) is 0 Å². The zero-order valence-electron chi connectivity index (χ0n) is 28.0. The van der Waals surface area contributed by atoms with E-state index in [1.807, 2.05) is 25.1 Å². The van der Waals surface area contributed by atoms with Crippen LogP contribution >= 0.6 is 0 Å². The summed E-state index contributed by atoms with van der Waals surface area (Å²) in [5, 5.41) is 7.75. The summed E-state index contributed by atoms with van der Waals surface area (Å²) in [6.07, 6.45) is 0. The van der Waals surface area contributed by atoms with Gasteiger partial charge >= 0.3 is 0 Å².